The highest BCUT2D eigenvalue weighted by atomic mass is 19.3. The van der Waals surface area contributed by atoms with Gasteiger partial charge in [-0.1, -0.05) is 0 Å². The zero-order valence-electron chi connectivity index (χ0n) is 8.13. The van der Waals surface area contributed by atoms with Gasteiger partial charge < -0.3 is 4.74 Å². The van der Waals surface area contributed by atoms with Crippen molar-refractivity contribution in [3.05, 3.63) is 0 Å². The highest BCUT2D eigenvalue weighted by molar-refractivity contribution is 4.81. The Morgan fingerprint density at radius 1 is 0.923 bits per heavy atom. The van der Waals surface area contributed by atoms with Crippen molar-refractivity contribution in [2.75, 3.05) is 6.61 Å². The molecular formula is C8H14F4O. The molecule has 0 spiro atoms. The quantitative estimate of drug-likeness (QED) is 0.639. The number of rotatable bonds is 3. The van der Waals surface area contributed by atoms with Crippen LogP contribution in [0.4, 0.5) is 17.6 Å². The molecule has 80 valence electrons. The Labute approximate surface area is 75.1 Å². The van der Waals surface area contributed by atoms with Gasteiger partial charge in [0.2, 0.25) is 0 Å². The summed E-state index contributed by atoms with van der Waals surface area (Å²) >= 11 is 0. The number of hydrogen-bond acceptors (Lipinski definition) is 1. The minimum absolute atomic E-state index is 0.180. The largest absolute Gasteiger partial charge is 0.369 e. The van der Waals surface area contributed by atoms with Crippen molar-refractivity contribution < 1.29 is 22.3 Å². The van der Waals surface area contributed by atoms with Crippen LogP contribution in [-0.4, -0.2) is 24.1 Å². The standard InChI is InChI=1S/C8H14F4O/c1-6(2,3)13-5-8(11,12)7(4,9)10/h5H2,1-4H3. The van der Waals surface area contributed by atoms with Crippen molar-refractivity contribution >= 4 is 0 Å². The van der Waals surface area contributed by atoms with Crippen LogP contribution in [0.3, 0.4) is 0 Å². The summed E-state index contributed by atoms with van der Waals surface area (Å²) < 4.78 is 54.3. The third-order valence-corrected chi connectivity index (χ3v) is 1.33. The van der Waals surface area contributed by atoms with Crippen molar-refractivity contribution in [1.29, 1.82) is 0 Å². The first-order valence-corrected chi connectivity index (χ1v) is 3.85. The minimum Gasteiger partial charge on any atom is -0.369 e. The van der Waals surface area contributed by atoms with Gasteiger partial charge in [0.25, 0.3) is 0 Å². The number of ether oxygens (including phenoxy) is 1. The maximum absolute atomic E-state index is 12.6. The summed E-state index contributed by atoms with van der Waals surface area (Å²) in [6.07, 6.45) is 0. The Bertz CT molecular complexity index is 166. The Kier molecular flexibility index (Phi) is 3.36. The van der Waals surface area contributed by atoms with Crippen molar-refractivity contribution in [2.24, 2.45) is 0 Å². The number of alkyl halides is 4. The molecule has 5 heteroatoms. The molecule has 0 N–H and O–H groups in total. The van der Waals surface area contributed by atoms with E-state index in [1.165, 1.54) is 20.8 Å². The first kappa shape index (κ1) is 12.7. The van der Waals surface area contributed by atoms with Crippen molar-refractivity contribution in [2.45, 2.75) is 45.1 Å². The molecule has 0 unspecified atom stereocenters. The van der Waals surface area contributed by atoms with Gasteiger partial charge in [-0.25, -0.2) is 8.78 Å². The number of hydrogen-bond donors (Lipinski definition) is 0. The molecule has 0 fully saturated rings. The Morgan fingerprint density at radius 3 is 1.54 bits per heavy atom. The molecule has 13 heavy (non-hydrogen) atoms. The van der Waals surface area contributed by atoms with Crippen LogP contribution < -0.4 is 0 Å². The van der Waals surface area contributed by atoms with Crippen molar-refractivity contribution in [3.63, 3.8) is 0 Å². The average molecular weight is 202 g/mol. The lowest BCUT2D eigenvalue weighted by atomic mass is 10.1. The van der Waals surface area contributed by atoms with E-state index in [0.717, 1.165) is 0 Å². The smallest absolute Gasteiger partial charge is 0.332 e. The second kappa shape index (κ2) is 3.44. The first-order valence-electron chi connectivity index (χ1n) is 3.85. The van der Waals surface area contributed by atoms with Crippen LogP contribution in [-0.2, 0) is 4.74 Å². The maximum atomic E-state index is 12.6. The maximum Gasteiger partial charge on any atom is 0.332 e. The summed E-state index contributed by atoms with van der Waals surface area (Å²) in [5, 5.41) is 0. The second-order valence-electron chi connectivity index (χ2n) is 3.99. The summed E-state index contributed by atoms with van der Waals surface area (Å²) in [6, 6.07) is 0. The molecule has 0 saturated heterocycles. The molecule has 0 rings (SSSR count). The molecule has 0 bridgehead atoms. The Morgan fingerprint density at radius 2 is 1.31 bits per heavy atom. The van der Waals surface area contributed by atoms with Gasteiger partial charge in [-0.05, 0) is 20.8 Å². The highest BCUT2D eigenvalue weighted by Gasteiger charge is 2.52. The van der Waals surface area contributed by atoms with Gasteiger partial charge in [0.1, 0.15) is 6.61 Å². The summed E-state index contributed by atoms with van der Waals surface area (Å²) in [4.78, 5) is 0. The van der Waals surface area contributed by atoms with E-state index in [-0.39, 0.29) is 6.92 Å². The summed E-state index contributed by atoms with van der Waals surface area (Å²) in [6.45, 7) is 3.49. The molecule has 0 aromatic rings. The third kappa shape index (κ3) is 4.45. The zero-order valence-corrected chi connectivity index (χ0v) is 8.13. The van der Waals surface area contributed by atoms with E-state index in [2.05, 4.69) is 4.74 Å². The molecule has 0 radical (unpaired) electrons. The van der Waals surface area contributed by atoms with Crippen LogP contribution in [0.15, 0.2) is 0 Å². The van der Waals surface area contributed by atoms with E-state index >= 15 is 0 Å². The lowest BCUT2D eigenvalue weighted by Gasteiger charge is -2.27. The predicted octanol–water partition coefficient (Wildman–Crippen LogP) is 3.09. The van der Waals surface area contributed by atoms with Gasteiger partial charge in [0.05, 0.1) is 5.60 Å². The minimum atomic E-state index is -4.11. The van der Waals surface area contributed by atoms with Crippen LogP contribution >= 0.6 is 0 Å². The SMILES string of the molecule is CC(C)(C)OCC(F)(F)C(C)(F)F. The van der Waals surface area contributed by atoms with Crippen LogP contribution in [0.1, 0.15) is 27.7 Å². The molecular weight excluding hydrogens is 188 g/mol. The van der Waals surface area contributed by atoms with E-state index in [0.29, 0.717) is 0 Å². The van der Waals surface area contributed by atoms with Gasteiger partial charge in [0.15, 0.2) is 0 Å². The van der Waals surface area contributed by atoms with Gasteiger partial charge in [-0.15, -0.1) is 0 Å². The normalized spacial score (nSPS) is 14.8. The van der Waals surface area contributed by atoms with Gasteiger partial charge in [-0.3, -0.25) is 0 Å². The van der Waals surface area contributed by atoms with E-state index in [9.17, 15) is 17.6 Å². The topological polar surface area (TPSA) is 9.23 Å². The van der Waals surface area contributed by atoms with Crippen molar-refractivity contribution in [3.8, 4) is 0 Å². The van der Waals surface area contributed by atoms with Gasteiger partial charge in [-0.2, -0.15) is 8.78 Å². The average Bonchev–Trinajstić information content (AvgIpc) is 1.79. The van der Waals surface area contributed by atoms with E-state index < -0.39 is 24.1 Å². The summed E-state index contributed by atoms with van der Waals surface area (Å²) in [5.74, 6) is -8.15. The Balaban J connectivity index is 4.21. The molecule has 0 aromatic heterocycles. The predicted molar refractivity (Wildman–Crippen MR) is 41.3 cm³/mol. The van der Waals surface area contributed by atoms with Crippen LogP contribution in [0, 0.1) is 0 Å². The third-order valence-electron chi connectivity index (χ3n) is 1.33. The monoisotopic (exact) mass is 202 g/mol. The Hall–Kier alpha value is -0.320. The molecule has 0 atom stereocenters. The molecule has 0 saturated carbocycles. The lowest BCUT2D eigenvalue weighted by molar-refractivity contribution is -0.235. The van der Waals surface area contributed by atoms with Crippen molar-refractivity contribution in [1.82, 2.24) is 0 Å². The van der Waals surface area contributed by atoms with E-state index in [1.54, 1.807) is 0 Å². The first-order chi connectivity index (χ1) is 5.46. The lowest BCUT2D eigenvalue weighted by Crippen LogP contribution is -2.43. The second-order valence-corrected chi connectivity index (χ2v) is 3.99. The molecule has 1 nitrogen and oxygen atoms in total. The van der Waals surface area contributed by atoms with Crippen LogP contribution in [0.5, 0.6) is 0 Å². The highest BCUT2D eigenvalue weighted by Crippen LogP contribution is 2.34. The number of halogens is 4. The molecule has 0 aliphatic carbocycles. The van der Waals surface area contributed by atoms with E-state index in [4.69, 9.17) is 0 Å². The zero-order chi connectivity index (χ0) is 10.9. The molecule has 0 aromatic carbocycles. The summed E-state index contributed by atoms with van der Waals surface area (Å²) in [5.41, 5.74) is -0.839. The molecule has 0 amide bonds. The van der Waals surface area contributed by atoms with E-state index in [1.807, 2.05) is 0 Å². The van der Waals surface area contributed by atoms with Gasteiger partial charge in [0, 0.05) is 6.92 Å². The fourth-order valence-corrected chi connectivity index (χ4v) is 0.434. The van der Waals surface area contributed by atoms with Gasteiger partial charge >= 0.3 is 11.8 Å². The molecule has 0 aliphatic rings. The van der Waals surface area contributed by atoms with Crippen LogP contribution in [0.25, 0.3) is 0 Å². The molecule has 0 heterocycles. The summed E-state index contributed by atoms with van der Waals surface area (Å²) in [7, 11) is 0. The molecule has 0 aliphatic heterocycles. The van der Waals surface area contributed by atoms with Crippen LogP contribution in [0.2, 0.25) is 0 Å². The fourth-order valence-electron chi connectivity index (χ4n) is 0.434. The fraction of sp³-hybridized carbons (Fsp3) is 1.00.